The van der Waals surface area contributed by atoms with Crippen LogP contribution in [0.25, 0.3) is 0 Å². The summed E-state index contributed by atoms with van der Waals surface area (Å²) < 4.78 is 32.6. The van der Waals surface area contributed by atoms with E-state index >= 15 is 0 Å². The molecule has 0 saturated carbocycles. The first-order valence-corrected chi connectivity index (χ1v) is 9.20. The molecule has 0 bridgehead atoms. The fourth-order valence-corrected chi connectivity index (χ4v) is 4.44. The molecule has 0 spiro atoms. The van der Waals surface area contributed by atoms with Crippen LogP contribution in [-0.2, 0) is 19.6 Å². The van der Waals surface area contributed by atoms with Gasteiger partial charge in [-0.3, -0.25) is 4.79 Å². The number of ether oxygens (including phenoxy) is 1. The summed E-state index contributed by atoms with van der Waals surface area (Å²) in [5.41, 5.74) is 0. The van der Waals surface area contributed by atoms with Crippen molar-refractivity contribution in [1.82, 2.24) is 9.62 Å². The summed E-state index contributed by atoms with van der Waals surface area (Å²) in [5, 5.41) is 1.70. The van der Waals surface area contributed by atoms with Crippen LogP contribution >= 0.6 is 11.3 Å². The second-order valence-corrected chi connectivity index (χ2v) is 8.10. The number of hydrogen-bond donors (Lipinski definition) is 1. The van der Waals surface area contributed by atoms with Crippen LogP contribution in [0.1, 0.15) is 13.8 Å². The van der Waals surface area contributed by atoms with Crippen molar-refractivity contribution in [1.29, 1.82) is 0 Å². The molecular weight excluding hydrogens is 312 g/mol. The van der Waals surface area contributed by atoms with Crippen molar-refractivity contribution in [2.75, 3.05) is 26.3 Å². The van der Waals surface area contributed by atoms with Gasteiger partial charge in [-0.25, -0.2) is 8.42 Å². The van der Waals surface area contributed by atoms with Gasteiger partial charge in [-0.1, -0.05) is 19.9 Å². The van der Waals surface area contributed by atoms with Crippen LogP contribution < -0.4 is 4.72 Å². The van der Waals surface area contributed by atoms with Crippen LogP contribution in [0, 0.1) is 5.92 Å². The number of carbonyl (C=O) groups is 1. The van der Waals surface area contributed by atoms with E-state index in [0.717, 1.165) is 11.3 Å². The standard InChI is InChI=1S/C13H20N2O4S2/c1-10(2)12(13(16)15-5-7-19-8-6-15)14-21(17,18)11-4-3-9-20-11/h3-4,9-10,12,14H,5-8H2,1-2H3/t12-/m1/s1. The Balaban J connectivity index is 2.14. The minimum absolute atomic E-state index is 0.130. The first-order valence-electron chi connectivity index (χ1n) is 6.84. The van der Waals surface area contributed by atoms with E-state index in [2.05, 4.69) is 4.72 Å². The van der Waals surface area contributed by atoms with E-state index in [4.69, 9.17) is 4.74 Å². The zero-order valence-electron chi connectivity index (χ0n) is 12.1. The SMILES string of the molecule is CC(C)[C@@H](NS(=O)(=O)c1cccs1)C(=O)N1CCOCC1. The molecule has 1 fully saturated rings. The third-order valence-corrected chi connectivity index (χ3v) is 6.14. The van der Waals surface area contributed by atoms with Crippen molar-refractivity contribution in [3.63, 3.8) is 0 Å². The van der Waals surface area contributed by atoms with E-state index in [-0.39, 0.29) is 16.0 Å². The minimum atomic E-state index is -3.66. The van der Waals surface area contributed by atoms with Crippen LogP contribution in [0.15, 0.2) is 21.7 Å². The Morgan fingerprint density at radius 2 is 2.05 bits per heavy atom. The molecule has 1 saturated heterocycles. The summed E-state index contributed by atoms with van der Waals surface area (Å²) in [6.45, 7) is 5.66. The number of carbonyl (C=O) groups excluding carboxylic acids is 1. The first kappa shape index (κ1) is 16.4. The Morgan fingerprint density at radius 1 is 1.38 bits per heavy atom. The number of nitrogens with zero attached hydrogens (tertiary/aromatic N) is 1. The first-order chi connectivity index (χ1) is 9.92. The lowest BCUT2D eigenvalue weighted by molar-refractivity contribution is -0.138. The predicted octanol–water partition coefficient (Wildman–Crippen LogP) is 0.910. The van der Waals surface area contributed by atoms with E-state index in [1.807, 2.05) is 13.8 Å². The average molecular weight is 332 g/mol. The van der Waals surface area contributed by atoms with Gasteiger partial charge in [0.1, 0.15) is 10.3 Å². The molecule has 1 aliphatic rings. The van der Waals surface area contributed by atoms with E-state index in [9.17, 15) is 13.2 Å². The zero-order chi connectivity index (χ0) is 15.5. The summed E-state index contributed by atoms with van der Waals surface area (Å²) in [6.07, 6.45) is 0. The van der Waals surface area contributed by atoms with E-state index in [0.29, 0.717) is 26.3 Å². The number of nitrogens with one attached hydrogen (secondary N) is 1. The third-order valence-electron chi connectivity index (χ3n) is 3.30. The number of thiophene rings is 1. The quantitative estimate of drug-likeness (QED) is 0.869. The number of hydrogen-bond acceptors (Lipinski definition) is 5. The molecule has 6 nitrogen and oxygen atoms in total. The fraction of sp³-hybridized carbons (Fsp3) is 0.615. The Morgan fingerprint density at radius 3 is 2.57 bits per heavy atom. The molecule has 1 N–H and O–H groups in total. The molecule has 1 aliphatic heterocycles. The molecule has 0 radical (unpaired) electrons. The normalized spacial score (nSPS) is 18.0. The van der Waals surface area contributed by atoms with Gasteiger partial charge in [0.05, 0.1) is 13.2 Å². The molecule has 1 aromatic rings. The second kappa shape index (κ2) is 6.87. The minimum Gasteiger partial charge on any atom is -0.378 e. The van der Waals surface area contributed by atoms with Crippen molar-refractivity contribution < 1.29 is 17.9 Å². The maximum atomic E-state index is 12.5. The summed E-state index contributed by atoms with van der Waals surface area (Å²) in [4.78, 5) is 14.2. The van der Waals surface area contributed by atoms with Crippen LogP contribution in [0.4, 0.5) is 0 Å². The average Bonchev–Trinajstić information content (AvgIpc) is 3.00. The number of amides is 1. The van der Waals surface area contributed by atoms with Crippen LogP contribution in [0.3, 0.4) is 0 Å². The molecule has 21 heavy (non-hydrogen) atoms. The number of sulfonamides is 1. The number of morpholine rings is 1. The molecule has 1 atom stereocenters. The van der Waals surface area contributed by atoms with Crippen molar-refractivity contribution in [2.24, 2.45) is 5.92 Å². The van der Waals surface area contributed by atoms with Gasteiger partial charge in [-0.15, -0.1) is 11.3 Å². The molecule has 0 unspecified atom stereocenters. The second-order valence-electron chi connectivity index (χ2n) is 5.21. The van der Waals surface area contributed by atoms with Crippen molar-refractivity contribution in [2.45, 2.75) is 24.1 Å². The molecular formula is C13H20N2O4S2. The maximum absolute atomic E-state index is 12.5. The topological polar surface area (TPSA) is 75.7 Å². The van der Waals surface area contributed by atoms with Crippen LogP contribution in [0.2, 0.25) is 0 Å². The molecule has 0 aromatic carbocycles. The van der Waals surface area contributed by atoms with E-state index < -0.39 is 16.1 Å². The summed E-state index contributed by atoms with van der Waals surface area (Å²) in [7, 11) is -3.66. The highest BCUT2D eigenvalue weighted by molar-refractivity contribution is 7.91. The van der Waals surface area contributed by atoms with E-state index in [1.165, 1.54) is 6.07 Å². The fourth-order valence-electron chi connectivity index (χ4n) is 2.09. The van der Waals surface area contributed by atoms with Gasteiger partial charge >= 0.3 is 0 Å². The zero-order valence-corrected chi connectivity index (χ0v) is 13.7. The Bertz CT molecular complexity index is 563. The maximum Gasteiger partial charge on any atom is 0.250 e. The summed E-state index contributed by atoms with van der Waals surface area (Å²) >= 11 is 1.14. The van der Waals surface area contributed by atoms with Gasteiger partial charge in [-0.05, 0) is 17.4 Å². The third kappa shape index (κ3) is 4.03. The van der Waals surface area contributed by atoms with Crippen LogP contribution in [0.5, 0.6) is 0 Å². The lowest BCUT2D eigenvalue weighted by Crippen LogP contribution is -2.53. The van der Waals surface area contributed by atoms with Gasteiger partial charge in [0.25, 0.3) is 10.0 Å². The van der Waals surface area contributed by atoms with Crippen LogP contribution in [-0.4, -0.2) is 51.6 Å². The molecule has 1 amide bonds. The van der Waals surface area contributed by atoms with Gasteiger partial charge in [0.15, 0.2) is 0 Å². The molecule has 1 aromatic heterocycles. The van der Waals surface area contributed by atoms with Gasteiger partial charge in [-0.2, -0.15) is 4.72 Å². The Kier molecular flexibility index (Phi) is 5.37. The Labute approximate surface area is 129 Å². The highest BCUT2D eigenvalue weighted by Crippen LogP contribution is 2.18. The Hall–Kier alpha value is -0.960. The molecule has 8 heteroatoms. The van der Waals surface area contributed by atoms with Crippen molar-refractivity contribution in [3.8, 4) is 0 Å². The molecule has 118 valence electrons. The van der Waals surface area contributed by atoms with Gasteiger partial charge in [0.2, 0.25) is 5.91 Å². The summed E-state index contributed by atoms with van der Waals surface area (Å²) in [6, 6.07) is 2.45. The lowest BCUT2D eigenvalue weighted by atomic mass is 10.0. The largest absolute Gasteiger partial charge is 0.378 e. The number of rotatable bonds is 5. The van der Waals surface area contributed by atoms with Gasteiger partial charge in [0, 0.05) is 13.1 Å². The molecule has 2 heterocycles. The highest BCUT2D eigenvalue weighted by Gasteiger charge is 2.32. The monoisotopic (exact) mass is 332 g/mol. The van der Waals surface area contributed by atoms with Gasteiger partial charge < -0.3 is 9.64 Å². The summed E-state index contributed by atoms with van der Waals surface area (Å²) in [5.74, 6) is -0.316. The molecule has 2 rings (SSSR count). The smallest absolute Gasteiger partial charge is 0.250 e. The lowest BCUT2D eigenvalue weighted by Gasteiger charge is -2.32. The van der Waals surface area contributed by atoms with Crippen molar-refractivity contribution >= 4 is 27.3 Å². The van der Waals surface area contributed by atoms with E-state index in [1.54, 1.807) is 16.3 Å². The molecule has 0 aliphatic carbocycles. The predicted molar refractivity (Wildman–Crippen MR) is 80.7 cm³/mol. The highest BCUT2D eigenvalue weighted by atomic mass is 32.2. The van der Waals surface area contributed by atoms with Crippen molar-refractivity contribution in [3.05, 3.63) is 17.5 Å².